The van der Waals surface area contributed by atoms with E-state index in [1.165, 1.54) is 0 Å². The Bertz CT molecular complexity index is 812. The van der Waals surface area contributed by atoms with Gasteiger partial charge in [0, 0.05) is 33.0 Å². The molecule has 1 aromatic carbocycles. The number of rotatable bonds is 5. The highest BCUT2D eigenvalue weighted by molar-refractivity contribution is 5.93. The molecule has 0 fully saturated rings. The fraction of sp³-hybridized carbons (Fsp3) is 0.211. The van der Waals surface area contributed by atoms with E-state index >= 15 is 0 Å². The molecule has 0 unspecified atom stereocenters. The van der Waals surface area contributed by atoms with Crippen LogP contribution < -0.4 is 0 Å². The normalized spacial score (nSPS) is 10.6. The predicted molar refractivity (Wildman–Crippen MR) is 93.5 cm³/mol. The first-order valence-electron chi connectivity index (χ1n) is 7.89. The Morgan fingerprint density at radius 1 is 1.12 bits per heavy atom. The molecule has 0 aliphatic carbocycles. The Morgan fingerprint density at radius 2 is 1.83 bits per heavy atom. The van der Waals surface area contributed by atoms with E-state index in [1.54, 1.807) is 29.0 Å². The number of likely N-dealkylation sites (N-methyl/N-ethyl adjacent to an activating group) is 1. The van der Waals surface area contributed by atoms with Gasteiger partial charge in [-0.3, -0.25) is 14.5 Å². The smallest absolute Gasteiger partial charge is 0.274 e. The Labute approximate surface area is 141 Å². The number of amides is 1. The largest absolute Gasteiger partial charge is 0.340 e. The summed E-state index contributed by atoms with van der Waals surface area (Å²) in [6.45, 7) is 0.639. The lowest BCUT2D eigenvalue weighted by Gasteiger charge is -2.15. The minimum Gasteiger partial charge on any atom is -0.340 e. The summed E-state index contributed by atoms with van der Waals surface area (Å²) in [5.41, 5.74) is 3.61. The summed E-state index contributed by atoms with van der Waals surface area (Å²) in [6, 6.07) is 15.7. The van der Waals surface area contributed by atoms with Gasteiger partial charge >= 0.3 is 0 Å². The van der Waals surface area contributed by atoms with Crippen LogP contribution in [0.4, 0.5) is 0 Å². The van der Waals surface area contributed by atoms with E-state index < -0.39 is 0 Å². The average molecular weight is 320 g/mol. The third-order valence-corrected chi connectivity index (χ3v) is 4.00. The van der Waals surface area contributed by atoms with Crippen molar-refractivity contribution >= 4 is 5.91 Å². The van der Waals surface area contributed by atoms with Gasteiger partial charge in [0.05, 0.1) is 5.69 Å². The highest BCUT2D eigenvalue weighted by atomic mass is 16.2. The Kier molecular flexibility index (Phi) is 4.70. The number of pyridine rings is 1. The topological polar surface area (TPSA) is 51.0 Å². The Balaban J connectivity index is 1.71. The molecule has 0 spiro atoms. The van der Waals surface area contributed by atoms with Crippen molar-refractivity contribution in [3.05, 3.63) is 72.2 Å². The fourth-order valence-corrected chi connectivity index (χ4v) is 2.59. The third kappa shape index (κ3) is 3.51. The summed E-state index contributed by atoms with van der Waals surface area (Å²) >= 11 is 0. The lowest BCUT2D eigenvalue weighted by molar-refractivity contribution is 0.0790. The zero-order chi connectivity index (χ0) is 16.9. The molecule has 0 saturated heterocycles. The molecule has 3 aromatic rings. The van der Waals surface area contributed by atoms with Gasteiger partial charge in [0.2, 0.25) is 0 Å². The molecule has 5 nitrogen and oxygen atoms in total. The van der Waals surface area contributed by atoms with E-state index in [-0.39, 0.29) is 5.91 Å². The van der Waals surface area contributed by atoms with Gasteiger partial charge in [-0.1, -0.05) is 30.3 Å². The molecule has 122 valence electrons. The highest BCUT2D eigenvalue weighted by Crippen LogP contribution is 2.20. The summed E-state index contributed by atoms with van der Waals surface area (Å²) in [5, 5.41) is 4.38. The zero-order valence-corrected chi connectivity index (χ0v) is 13.9. The van der Waals surface area contributed by atoms with Crippen molar-refractivity contribution in [3.8, 4) is 11.3 Å². The number of carbonyl (C=O) groups excluding carboxylic acids is 1. The predicted octanol–water partition coefficient (Wildman–Crippen LogP) is 2.80. The van der Waals surface area contributed by atoms with Gasteiger partial charge in [0.15, 0.2) is 5.69 Å². The van der Waals surface area contributed by atoms with Crippen molar-refractivity contribution in [1.82, 2.24) is 19.7 Å². The van der Waals surface area contributed by atoms with Crippen LogP contribution in [0.2, 0.25) is 0 Å². The minimum atomic E-state index is -0.0677. The highest BCUT2D eigenvalue weighted by Gasteiger charge is 2.17. The standard InChI is InChI=1S/C19H20N4O/c1-22(13-10-15-8-11-20-12-9-15)19(24)17-14-18(23(2)21-17)16-6-4-3-5-7-16/h3-9,11-12,14H,10,13H2,1-2H3. The minimum absolute atomic E-state index is 0.0677. The van der Waals surface area contributed by atoms with Gasteiger partial charge in [-0.15, -0.1) is 0 Å². The number of hydrogen-bond acceptors (Lipinski definition) is 3. The van der Waals surface area contributed by atoms with Gasteiger partial charge in [-0.25, -0.2) is 0 Å². The Morgan fingerprint density at radius 3 is 2.54 bits per heavy atom. The monoisotopic (exact) mass is 320 g/mol. The lowest BCUT2D eigenvalue weighted by atomic mass is 10.1. The molecule has 0 aliphatic rings. The molecule has 0 saturated carbocycles. The van der Waals surface area contributed by atoms with Crippen LogP contribution >= 0.6 is 0 Å². The summed E-state index contributed by atoms with van der Waals surface area (Å²) < 4.78 is 1.75. The number of hydrogen-bond donors (Lipinski definition) is 0. The molecular formula is C19H20N4O. The van der Waals surface area contributed by atoms with Gasteiger partial charge in [0.25, 0.3) is 5.91 Å². The van der Waals surface area contributed by atoms with Crippen LogP contribution in [0.15, 0.2) is 60.9 Å². The van der Waals surface area contributed by atoms with Crippen LogP contribution in [0.3, 0.4) is 0 Å². The molecule has 3 rings (SSSR count). The van der Waals surface area contributed by atoms with E-state index in [0.717, 1.165) is 23.2 Å². The zero-order valence-electron chi connectivity index (χ0n) is 13.9. The number of aromatic nitrogens is 3. The maximum Gasteiger partial charge on any atom is 0.274 e. The van der Waals surface area contributed by atoms with E-state index in [2.05, 4.69) is 10.1 Å². The first kappa shape index (κ1) is 15.9. The van der Waals surface area contributed by atoms with Crippen molar-refractivity contribution in [2.24, 2.45) is 7.05 Å². The molecule has 1 amide bonds. The molecule has 0 atom stereocenters. The van der Waals surface area contributed by atoms with Crippen molar-refractivity contribution in [2.45, 2.75) is 6.42 Å². The van der Waals surface area contributed by atoms with Gasteiger partial charge in [-0.05, 0) is 35.7 Å². The number of carbonyl (C=O) groups is 1. The van der Waals surface area contributed by atoms with Gasteiger partial charge < -0.3 is 4.90 Å². The summed E-state index contributed by atoms with van der Waals surface area (Å²) in [6.07, 6.45) is 4.33. The summed E-state index contributed by atoms with van der Waals surface area (Å²) in [4.78, 5) is 18.3. The molecule has 0 N–H and O–H groups in total. The van der Waals surface area contributed by atoms with Crippen molar-refractivity contribution < 1.29 is 4.79 Å². The summed E-state index contributed by atoms with van der Waals surface area (Å²) in [5.74, 6) is -0.0677. The van der Waals surface area contributed by atoms with Gasteiger partial charge in [0.1, 0.15) is 0 Å². The fourth-order valence-electron chi connectivity index (χ4n) is 2.59. The molecule has 24 heavy (non-hydrogen) atoms. The van der Waals surface area contributed by atoms with Crippen molar-refractivity contribution in [2.75, 3.05) is 13.6 Å². The molecule has 0 aliphatic heterocycles. The van der Waals surface area contributed by atoms with Crippen LogP contribution in [0, 0.1) is 0 Å². The maximum absolute atomic E-state index is 12.6. The first-order valence-corrected chi connectivity index (χ1v) is 7.89. The van der Waals surface area contributed by atoms with Crippen LogP contribution in [0.1, 0.15) is 16.1 Å². The van der Waals surface area contributed by atoms with E-state index in [4.69, 9.17) is 0 Å². The second-order valence-corrected chi connectivity index (χ2v) is 5.74. The number of nitrogens with zero attached hydrogens (tertiary/aromatic N) is 4. The van der Waals surface area contributed by atoms with E-state index in [9.17, 15) is 4.79 Å². The van der Waals surface area contributed by atoms with Gasteiger partial charge in [-0.2, -0.15) is 5.10 Å². The average Bonchev–Trinajstić information content (AvgIpc) is 3.02. The van der Waals surface area contributed by atoms with E-state index in [1.807, 2.05) is 55.6 Å². The van der Waals surface area contributed by atoms with Crippen LogP contribution in [0.5, 0.6) is 0 Å². The first-order chi connectivity index (χ1) is 11.6. The summed E-state index contributed by atoms with van der Waals surface area (Å²) in [7, 11) is 3.66. The quantitative estimate of drug-likeness (QED) is 0.726. The molecule has 2 heterocycles. The molecule has 2 aromatic heterocycles. The third-order valence-electron chi connectivity index (χ3n) is 4.00. The molecule has 5 heteroatoms. The van der Waals surface area contributed by atoms with E-state index in [0.29, 0.717) is 12.2 Å². The second-order valence-electron chi connectivity index (χ2n) is 5.74. The maximum atomic E-state index is 12.6. The van der Waals surface area contributed by atoms with Crippen LogP contribution in [0.25, 0.3) is 11.3 Å². The van der Waals surface area contributed by atoms with Crippen molar-refractivity contribution in [1.29, 1.82) is 0 Å². The molecule has 0 radical (unpaired) electrons. The Hall–Kier alpha value is -2.95. The number of aryl methyl sites for hydroxylation is 1. The molecular weight excluding hydrogens is 300 g/mol. The lowest BCUT2D eigenvalue weighted by Crippen LogP contribution is -2.29. The van der Waals surface area contributed by atoms with Crippen LogP contribution in [-0.4, -0.2) is 39.2 Å². The second kappa shape index (κ2) is 7.08. The number of benzene rings is 1. The SMILES string of the molecule is CN(CCc1ccncc1)C(=O)c1cc(-c2ccccc2)n(C)n1. The van der Waals surface area contributed by atoms with Crippen molar-refractivity contribution in [3.63, 3.8) is 0 Å². The molecule has 0 bridgehead atoms. The van der Waals surface area contributed by atoms with Crippen LogP contribution in [-0.2, 0) is 13.5 Å².